The van der Waals surface area contributed by atoms with Crippen molar-refractivity contribution in [2.24, 2.45) is 0 Å². The van der Waals surface area contributed by atoms with Crippen molar-refractivity contribution in [2.45, 2.75) is 11.8 Å². The number of rotatable bonds is 6. The number of nitrogens with zero attached hydrogens (tertiary/aromatic N) is 1. The minimum atomic E-state index is -3.61. The molecule has 0 radical (unpaired) electrons. The average Bonchev–Trinajstić information content (AvgIpc) is 2.54. The first-order valence-electron chi connectivity index (χ1n) is 7.38. The van der Waals surface area contributed by atoms with Crippen molar-refractivity contribution in [1.29, 1.82) is 0 Å². The van der Waals surface area contributed by atoms with Crippen molar-refractivity contribution >= 4 is 50.7 Å². The Labute approximate surface area is 157 Å². The molecule has 0 aliphatic rings. The van der Waals surface area contributed by atoms with E-state index >= 15 is 0 Å². The van der Waals surface area contributed by atoms with Crippen molar-refractivity contribution < 1.29 is 13.2 Å². The molecule has 0 heterocycles. The first-order chi connectivity index (χ1) is 11.7. The molecule has 1 N–H and O–H groups in total. The van der Waals surface area contributed by atoms with Crippen LogP contribution in [0.4, 0.5) is 11.4 Å². The SMILES string of the molecule is CSc1cccc(N(CC(=O)Nc2ccc(Cl)cc2C)S(C)(=O)=O)c1. The Bertz CT molecular complexity index is 885. The summed E-state index contributed by atoms with van der Waals surface area (Å²) >= 11 is 7.41. The first kappa shape index (κ1) is 19.6. The Hall–Kier alpha value is -1.70. The number of anilines is 2. The first-order valence-corrected chi connectivity index (χ1v) is 10.8. The summed E-state index contributed by atoms with van der Waals surface area (Å²) in [6, 6.07) is 12.1. The summed E-state index contributed by atoms with van der Waals surface area (Å²) in [4.78, 5) is 13.3. The highest BCUT2D eigenvalue weighted by molar-refractivity contribution is 7.98. The third-order valence-corrected chi connectivity index (χ3v) is 5.59. The van der Waals surface area contributed by atoms with Gasteiger partial charge in [0.25, 0.3) is 0 Å². The van der Waals surface area contributed by atoms with E-state index in [0.29, 0.717) is 16.4 Å². The molecule has 0 spiro atoms. The number of benzene rings is 2. The predicted molar refractivity (Wildman–Crippen MR) is 105 cm³/mol. The molecule has 0 fully saturated rings. The molecule has 5 nitrogen and oxygen atoms in total. The van der Waals surface area contributed by atoms with Crippen LogP contribution in [0, 0.1) is 6.92 Å². The standard InChI is InChI=1S/C17H19ClN2O3S2/c1-12-9-13(18)7-8-16(12)19-17(21)11-20(25(3,22)23)14-5-4-6-15(10-14)24-2/h4-10H,11H2,1-3H3,(H,19,21). The maximum absolute atomic E-state index is 12.4. The van der Waals surface area contributed by atoms with Gasteiger partial charge >= 0.3 is 0 Å². The fourth-order valence-electron chi connectivity index (χ4n) is 2.25. The van der Waals surface area contributed by atoms with Crippen LogP contribution in [0.3, 0.4) is 0 Å². The molecule has 2 rings (SSSR count). The summed E-state index contributed by atoms with van der Waals surface area (Å²) < 4.78 is 25.4. The van der Waals surface area contributed by atoms with E-state index in [-0.39, 0.29) is 6.54 Å². The van der Waals surface area contributed by atoms with Gasteiger partial charge in [-0.15, -0.1) is 11.8 Å². The Balaban J connectivity index is 2.23. The number of nitrogens with one attached hydrogen (secondary N) is 1. The van der Waals surface area contributed by atoms with E-state index in [1.807, 2.05) is 19.2 Å². The lowest BCUT2D eigenvalue weighted by Crippen LogP contribution is -2.37. The highest BCUT2D eigenvalue weighted by Gasteiger charge is 2.21. The number of hydrogen-bond donors (Lipinski definition) is 1. The minimum Gasteiger partial charge on any atom is -0.324 e. The number of halogens is 1. The summed E-state index contributed by atoms with van der Waals surface area (Å²) in [6.07, 6.45) is 2.99. The van der Waals surface area contributed by atoms with Crippen LogP contribution in [0.25, 0.3) is 0 Å². The predicted octanol–water partition coefficient (Wildman–Crippen LogP) is 3.78. The second kappa shape index (κ2) is 8.12. The Morgan fingerprint density at radius 3 is 2.56 bits per heavy atom. The van der Waals surface area contributed by atoms with Crippen LogP contribution in [0.5, 0.6) is 0 Å². The van der Waals surface area contributed by atoms with Gasteiger partial charge in [0.2, 0.25) is 15.9 Å². The van der Waals surface area contributed by atoms with Crippen molar-refractivity contribution in [3.63, 3.8) is 0 Å². The van der Waals surface area contributed by atoms with E-state index in [4.69, 9.17) is 11.6 Å². The molecule has 0 bridgehead atoms. The van der Waals surface area contributed by atoms with E-state index in [9.17, 15) is 13.2 Å². The lowest BCUT2D eigenvalue weighted by Gasteiger charge is -2.22. The van der Waals surface area contributed by atoms with Gasteiger partial charge in [0.1, 0.15) is 6.54 Å². The Kier molecular flexibility index (Phi) is 6.37. The molecule has 0 saturated heterocycles. The summed E-state index contributed by atoms with van der Waals surface area (Å²) in [5.41, 5.74) is 1.86. The van der Waals surface area contributed by atoms with E-state index in [0.717, 1.165) is 21.0 Å². The molecule has 8 heteroatoms. The van der Waals surface area contributed by atoms with Gasteiger partial charge in [-0.3, -0.25) is 9.10 Å². The summed E-state index contributed by atoms with van der Waals surface area (Å²) in [5, 5.41) is 3.30. The van der Waals surface area contributed by atoms with Crippen LogP contribution in [0.2, 0.25) is 5.02 Å². The number of thioether (sulfide) groups is 1. The summed E-state index contributed by atoms with van der Waals surface area (Å²) in [6.45, 7) is 1.51. The zero-order chi connectivity index (χ0) is 18.6. The molecule has 1 amide bonds. The van der Waals surface area contributed by atoms with Crippen LogP contribution >= 0.6 is 23.4 Å². The zero-order valence-corrected chi connectivity index (χ0v) is 16.5. The summed E-state index contributed by atoms with van der Waals surface area (Å²) in [5.74, 6) is -0.426. The van der Waals surface area contributed by atoms with Crippen LogP contribution in [-0.4, -0.2) is 33.4 Å². The van der Waals surface area contributed by atoms with Crippen molar-refractivity contribution in [3.05, 3.63) is 53.1 Å². The third kappa shape index (κ3) is 5.39. The highest BCUT2D eigenvalue weighted by atomic mass is 35.5. The minimum absolute atomic E-state index is 0.307. The second-order valence-corrected chi connectivity index (χ2v) is 8.70. The molecule has 0 aliphatic carbocycles. The molecule has 2 aromatic carbocycles. The van der Waals surface area contributed by atoms with Crippen molar-refractivity contribution in [2.75, 3.05) is 28.7 Å². The van der Waals surface area contributed by atoms with E-state index < -0.39 is 15.9 Å². The maximum atomic E-state index is 12.4. The number of sulfonamides is 1. The van der Waals surface area contributed by atoms with Gasteiger partial charge in [-0.25, -0.2) is 8.42 Å². The topological polar surface area (TPSA) is 66.5 Å². The number of carbonyl (C=O) groups excluding carboxylic acids is 1. The molecule has 134 valence electrons. The van der Waals surface area contributed by atoms with Crippen LogP contribution in [-0.2, 0) is 14.8 Å². The molecule has 25 heavy (non-hydrogen) atoms. The molecule has 0 aromatic heterocycles. The normalized spacial score (nSPS) is 11.2. The number of aryl methyl sites for hydroxylation is 1. The van der Waals surface area contributed by atoms with Gasteiger partial charge in [-0.1, -0.05) is 17.7 Å². The maximum Gasteiger partial charge on any atom is 0.245 e. The second-order valence-electron chi connectivity index (χ2n) is 5.48. The van der Waals surface area contributed by atoms with Crippen molar-refractivity contribution in [1.82, 2.24) is 0 Å². The zero-order valence-electron chi connectivity index (χ0n) is 14.1. The van der Waals surface area contributed by atoms with Crippen LogP contribution in [0.15, 0.2) is 47.4 Å². The van der Waals surface area contributed by atoms with Crippen LogP contribution in [0.1, 0.15) is 5.56 Å². The molecule has 0 atom stereocenters. The van der Waals surface area contributed by atoms with Gasteiger partial charge in [-0.2, -0.15) is 0 Å². The van der Waals surface area contributed by atoms with E-state index in [2.05, 4.69) is 5.32 Å². The van der Waals surface area contributed by atoms with E-state index in [1.54, 1.807) is 36.4 Å². The molecular weight excluding hydrogens is 380 g/mol. The molecular formula is C17H19ClN2O3S2. The Morgan fingerprint density at radius 2 is 1.96 bits per heavy atom. The van der Waals surface area contributed by atoms with Crippen LogP contribution < -0.4 is 9.62 Å². The summed E-state index contributed by atoms with van der Waals surface area (Å²) in [7, 11) is -3.61. The lowest BCUT2D eigenvalue weighted by molar-refractivity contribution is -0.114. The molecule has 0 aliphatic heterocycles. The fourth-order valence-corrected chi connectivity index (χ4v) is 3.78. The van der Waals surface area contributed by atoms with Crippen molar-refractivity contribution in [3.8, 4) is 0 Å². The molecule has 0 saturated carbocycles. The largest absolute Gasteiger partial charge is 0.324 e. The Morgan fingerprint density at radius 1 is 1.24 bits per heavy atom. The molecule has 0 unspecified atom stereocenters. The van der Waals surface area contributed by atoms with Gasteiger partial charge in [0, 0.05) is 15.6 Å². The lowest BCUT2D eigenvalue weighted by atomic mass is 10.2. The average molecular weight is 399 g/mol. The van der Waals surface area contributed by atoms with Gasteiger partial charge in [0.15, 0.2) is 0 Å². The number of amides is 1. The third-order valence-electron chi connectivity index (χ3n) is 3.49. The smallest absolute Gasteiger partial charge is 0.245 e. The van der Waals surface area contributed by atoms with E-state index in [1.165, 1.54) is 11.8 Å². The molecule has 2 aromatic rings. The highest BCUT2D eigenvalue weighted by Crippen LogP contribution is 2.24. The van der Waals surface area contributed by atoms with Gasteiger partial charge in [0.05, 0.1) is 11.9 Å². The monoisotopic (exact) mass is 398 g/mol. The fraction of sp³-hybridized carbons (Fsp3) is 0.235. The number of carbonyl (C=O) groups is 1. The quantitative estimate of drug-likeness (QED) is 0.752. The number of hydrogen-bond acceptors (Lipinski definition) is 4. The van der Waals surface area contributed by atoms with Gasteiger partial charge in [-0.05, 0) is 55.1 Å². The van der Waals surface area contributed by atoms with Gasteiger partial charge < -0.3 is 5.32 Å².